The summed E-state index contributed by atoms with van der Waals surface area (Å²) >= 11 is 3.55. The average molecular weight is 229 g/mol. The van der Waals surface area contributed by atoms with Crippen LogP contribution in [0.15, 0.2) is 4.99 Å². The van der Waals surface area contributed by atoms with E-state index in [0.717, 1.165) is 18.3 Å². The molecule has 0 spiro atoms. The zero-order valence-electron chi connectivity index (χ0n) is 8.73. The monoisotopic (exact) mass is 229 g/mol. The van der Waals surface area contributed by atoms with E-state index in [1.165, 1.54) is 0 Å². The fourth-order valence-corrected chi connectivity index (χ4v) is 3.49. The Hall–Kier alpha value is -0.340. The first-order chi connectivity index (χ1) is 6.67. The van der Waals surface area contributed by atoms with Crippen molar-refractivity contribution in [2.24, 2.45) is 4.99 Å². The molecular weight excluding hydrogens is 214 g/mol. The predicted molar refractivity (Wildman–Crippen MR) is 64.7 cm³/mol. The lowest BCUT2D eigenvalue weighted by atomic mass is 10.3. The fraction of sp³-hybridized carbons (Fsp3) is 0.778. The molecule has 1 rings (SSSR count). The van der Waals surface area contributed by atoms with Gasteiger partial charge in [-0.3, -0.25) is 0 Å². The van der Waals surface area contributed by atoms with Gasteiger partial charge in [0.2, 0.25) is 6.19 Å². The van der Waals surface area contributed by atoms with Crippen LogP contribution < -0.4 is 0 Å². The minimum absolute atomic E-state index is 0.620. The molecular formula is C9H15N3S2. The summed E-state index contributed by atoms with van der Waals surface area (Å²) in [4.78, 5) is 6.05. The van der Waals surface area contributed by atoms with Gasteiger partial charge in [-0.25, -0.2) is 0 Å². The van der Waals surface area contributed by atoms with Crippen LogP contribution in [0.4, 0.5) is 0 Å². The number of thioether (sulfide) groups is 2. The number of nitrogens with zero attached hydrogens (tertiary/aromatic N) is 3. The SMILES string of the molecule is CSC(=NC#N)N1CC(C)SC(C)C1. The third-order valence-electron chi connectivity index (χ3n) is 2.02. The van der Waals surface area contributed by atoms with Gasteiger partial charge in [0.05, 0.1) is 0 Å². The van der Waals surface area contributed by atoms with Crippen molar-refractivity contribution in [3.05, 3.63) is 0 Å². The second-order valence-corrected chi connectivity index (χ2v) is 6.02. The molecule has 1 aliphatic heterocycles. The van der Waals surface area contributed by atoms with Crippen LogP contribution in [-0.2, 0) is 0 Å². The molecule has 3 nitrogen and oxygen atoms in total. The Morgan fingerprint density at radius 2 is 2.07 bits per heavy atom. The molecule has 0 aromatic rings. The average Bonchev–Trinajstić information content (AvgIpc) is 2.12. The molecule has 0 bridgehead atoms. The first kappa shape index (κ1) is 11.7. The predicted octanol–water partition coefficient (Wildman–Crippen LogP) is 2.01. The second-order valence-electron chi connectivity index (χ2n) is 3.36. The van der Waals surface area contributed by atoms with Crippen LogP contribution in [0.1, 0.15) is 13.8 Å². The molecule has 0 radical (unpaired) electrons. The normalized spacial score (nSPS) is 28.7. The lowest BCUT2D eigenvalue weighted by molar-refractivity contribution is 0.418. The molecule has 0 aromatic heterocycles. The summed E-state index contributed by atoms with van der Waals surface area (Å²) in [6.07, 6.45) is 3.83. The van der Waals surface area contributed by atoms with Crippen LogP contribution in [0.3, 0.4) is 0 Å². The third kappa shape index (κ3) is 3.10. The van der Waals surface area contributed by atoms with Crippen molar-refractivity contribution < 1.29 is 0 Å². The van der Waals surface area contributed by atoms with Crippen molar-refractivity contribution in [3.8, 4) is 6.19 Å². The standard InChI is InChI=1S/C9H15N3S2/c1-7-4-12(5-8(2)14-7)9(13-3)11-6-10/h7-8H,4-5H2,1-3H3. The fourth-order valence-electron chi connectivity index (χ4n) is 1.62. The summed E-state index contributed by atoms with van der Waals surface area (Å²) < 4.78 is 0. The largest absolute Gasteiger partial charge is 0.348 e. The number of hydrogen-bond acceptors (Lipinski definition) is 4. The van der Waals surface area contributed by atoms with Crippen LogP contribution >= 0.6 is 23.5 Å². The van der Waals surface area contributed by atoms with E-state index >= 15 is 0 Å². The Morgan fingerprint density at radius 1 is 1.50 bits per heavy atom. The van der Waals surface area contributed by atoms with Gasteiger partial charge in [-0.2, -0.15) is 17.0 Å². The summed E-state index contributed by atoms with van der Waals surface area (Å²) in [6, 6.07) is 0. The van der Waals surface area contributed by atoms with Gasteiger partial charge in [0, 0.05) is 23.6 Å². The highest BCUT2D eigenvalue weighted by Gasteiger charge is 2.24. The molecule has 1 heterocycles. The molecule has 14 heavy (non-hydrogen) atoms. The van der Waals surface area contributed by atoms with Gasteiger partial charge in [0.25, 0.3) is 0 Å². The Bertz CT molecular complexity index is 249. The van der Waals surface area contributed by atoms with Crippen molar-refractivity contribution in [1.29, 1.82) is 5.26 Å². The zero-order chi connectivity index (χ0) is 10.6. The summed E-state index contributed by atoms with van der Waals surface area (Å²) in [5, 5.41) is 10.6. The summed E-state index contributed by atoms with van der Waals surface area (Å²) in [5.74, 6) is 0. The van der Waals surface area contributed by atoms with Crippen molar-refractivity contribution in [1.82, 2.24) is 4.90 Å². The molecule has 0 N–H and O–H groups in total. The highest BCUT2D eigenvalue weighted by molar-refractivity contribution is 8.13. The highest BCUT2D eigenvalue weighted by atomic mass is 32.2. The van der Waals surface area contributed by atoms with Crippen LogP contribution in [0, 0.1) is 11.5 Å². The van der Waals surface area contributed by atoms with E-state index in [1.807, 2.05) is 24.2 Å². The van der Waals surface area contributed by atoms with Crippen molar-refractivity contribution in [3.63, 3.8) is 0 Å². The highest BCUT2D eigenvalue weighted by Crippen LogP contribution is 2.26. The number of hydrogen-bond donors (Lipinski definition) is 0. The van der Waals surface area contributed by atoms with E-state index in [-0.39, 0.29) is 0 Å². The topological polar surface area (TPSA) is 39.4 Å². The van der Waals surface area contributed by atoms with Crippen molar-refractivity contribution in [2.45, 2.75) is 24.3 Å². The maximum absolute atomic E-state index is 8.55. The molecule has 0 amide bonds. The van der Waals surface area contributed by atoms with Crippen molar-refractivity contribution >= 4 is 28.7 Å². The molecule has 2 unspecified atom stereocenters. The number of rotatable bonds is 0. The lowest BCUT2D eigenvalue weighted by Gasteiger charge is -2.35. The van der Waals surface area contributed by atoms with Crippen LogP contribution in [0.25, 0.3) is 0 Å². The molecule has 1 fully saturated rings. The molecule has 1 aliphatic rings. The van der Waals surface area contributed by atoms with Gasteiger partial charge in [0.1, 0.15) is 0 Å². The quantitative estimate of drug-likeness (QED) is 0.362. The summed E-state index contributed by atoms with van der Waals surface area (Å²) in [7, 11) is 0. The maximum atomic E-state index is 8.55. The maximum Gasteiger partial charge on any atom is 0.208 e. The van der Waals surface area contributed by atoms with E-state index in [1.54, 1.807) is 11.8 Å². The minimum Gasteiger partial charge on any atom is -0.348 e. The van der Waals surface area contributed by atoms with E-state index < -0.39 is 0 Å². The molecule has 78 valence electrons. The van der Waals surface area contributed by atoms with E-state index in [0.29, 0.717) is 10.5 Å². The Labute approximate surface area is 93.9 Å². The number of aliphatic imine (C=N–C) groups is 1. The number of nitriles is 1. The molecule has 1 saturated heterocycles. The first-order valence-corrected chi connectivity index (χ1v) is 6.75. The van der Waals surface area contributed by atoms with Crippen LogP contribution in [0.5, 0.6) is 0 Å². The van der Waals surface area contributed by atoms with Gasteiger partial charge in [-0.1, -0.05) is 25.6 Å². The zero-order valence-corrected chi connectivity index (χ0v) is 10.4. The smallest absolute Gasteiger partial charge is 0.208 e. The molecule has 5 heteroatoms. The Balaban J connectivity index is 2.67. The van der Waals surface area contributed by atoms with Gasteiger partial charge in [-0.15, -0.1) is 4.99 Å². The van der Waals surface area contributed by atoms with E-state index in [9.17, 15) is 0 Å². The molecule has 0 aromatic carbocycles. The third-order valence-corrected chi connectivity index (χ3v) is 3.96. The van der Waals surface area contributed by atoms with Crippen LogP contribution in [0.2, 0.25) is 0 Å². The number of amidine groups is 1. The minimum atomic E-state index is 0.620. The summed E-state index contributed by atoms with van der Waals surface area (Å²) in [5.41, 5.74) is 0. The van der Waals surface area contributed by atoms with E-state index in [4.69, 9.17) is 5.26 Å². The Kier molecular flexibility index (Phi) is 4.63. The summed E-state index contributed by atoms with van der Waals surface area (Å²) in [6.45, 7) is 6.43. The molecule has 2 atom stereocenters. The van der Waals surface area contributed by atoms with Gasteiger partial charge in [0.15, 0.2) is 5.17 Å². The van der Waals surface area contributed by atoms with Crippen molar-refractivity contribution in [2.75, 3.05) is 19.3 Å². The second kappa shape index (κ2) is 5.52. The molecule has 0 saturated carbocycles. The van der Waals surface area contributed by atoms with Gasteiger partial charge < -0.3 is 4.90 Å². The van der Waals surface area contributed by atoms with Gasteiger partial charge >= 0.3 is 0 Å². The lowest BCUT2D eigenvalue weighted by Crippen LogP contribution is -2.42. The van der Waals surface area contributed by atoms with E-state index in [2.05, 4.69) is 23.7 Å². The Morgan fingerprint density at radius 3 is 2.50 bits per heavy atom. The molecule has 0 aliphatic carbocycles. The first-order valence-electron chi connectivity index (χ1n) is 4.58. The van der Waals surface area contributed by atoms with Crippen LogP contribution in [-0.4, -0.2) is 39.9 Å². The van der Waals surface area contributed by atoms with Gasteiger partial charge in [-0.05, 0) is 6.26 Å².